The monoisotopic (exact) mass is 413 g/mol. The highest BCUT2D eigenvalue weighted by Crippen LogP contribution is 2.39. The molecule has 150 valence electrons. The fourth-order valence-electron chi connectivity index (χ4n) is 4.97. The predicted octanol–water partition coefficient (Wildman–Crippen LogP) is 2.28. The molecule has 0 radical (unpaired) electrons. The van der Waals surface area contributed by atoms with Crippen LogP contribution in [-0.2, 0) is 10.0 Å². The SMILES string of the molecule is Cl.NC1CC2CCCC(C1)C2NC(=O)c1ccc(N2CCCS2(=O)=O)cc1. The van der Waals surface area contributed by atoms with Gasteiger partial charge in [0.25, 0.3) is 5.91 Å². The van der Waals surface area contributed by atoms with Gasteiger partial charge in [0.2, 0.25) is 10.0 Å². The number of rotatable bonds is 3. The summed E-state index contributed by atoms with van der Waals surface area (Å²) in [6.07, 6.45) is 6.15. The van der Waals surface area contributed by atoms with E-state index in [9.17, 15) is 13.2 Å². The Kier molecular flexibility index (Phi) is 6.03. The third-order valence-electron chi connectivity index (χ3n) is 6.19. The number of hydrogen-bond acceptors (Lipinski definition) is 4. The normalized spacial score (nSPS) is 31.8. The quantitative estimate of drug-likeness (QED) is 0.795. The number of anilines is 1. The molecule has 1 amide bonds. The van der Waals surface area contributed by atoms with Crippen molar-refractivity contribution in [1.82, 2.24) is 5.32 Å². The zero-order valence-corrected chi connectivity index (χ0v) is 17.0. The van der Waals surface area contributed by atoms with Crippen molar-refractivity contribution in [2.45, 2.75) is 50.6 Å². The van der Waals surface area contributed by atoms with Crippen LogP contribution >= 0.6 is 12.4 Å². The van der Waals surface area contributed by atoms with Crippen LogP contribution in [0, 0.1) is 11.8 Å². The van der Waals surface area contributed by atoms with Gasteiger partial charge in [0, 0.05) is 24.2 Å². The Labute approximate surface area is 167 Å². The lowest BCUT2D eigenvalue weighted by atomic mass is 9.67. The van der Waals surface area contributed by atoms with Gasteiger partial charge in [0.15, 0.2) is 0 Å². The molecule has 3 N–H and O–H groups in total. The molecular formula is C19H28ClN3O3S. The third kappa shape index (κ3) is 4.10. The Morgan fingerprint density at radius 3 is 2.26 bits per heavy atom. The lowest BCUT2D eigenvalue weighted by Gasteiger charge is -2.45. The van der Waals surface area contributed by atoms with E-state index in [1.54, 1.807) is 24.3 Å². The van der Waals surface area contributed by atoms with Gasteiger partial charge in [-0.25, -0.2) is 8.42 Å². The molecule has 1 aromatic carbocycles. The van der Waals surface area contributed by atoms with Gasteiger partial charge in [-0.15, -0.1) is 12.4 Å². The Hall–Kier alpha value is -1.31. The minimum absolute atomic E-state index is 0. The molecule has 1 aromatic rings. The lowest BCUT2D eigenvalue weighted by molar-refractivity contribution is 0.0756. The van der Waals surface area contributed by atoms with Crippen LogP contribution < -0.4 is 15.4 Å². The van der Waals surface area contributed by atoms with Crippen molar-refractivity contribution in [3.63, 3.8) is 0 Å². The minimum Gasteiger partial charge on any atom is -0.349 e. The molecule has 2 unspecified atom stereocenters. The Bertz CT molecular complexity index is 770. The number of nitrogens with two attached hydrogens (primary N) is 1. The van der Waals surface area contributed by atoms with Crippen molar-refractivity contribution >= 4 is 34.0 Å². The molecule has 27 heavy (non-hydrogen) atoms. The van der Waals surface area contributed by atoms with Gasteiger partial charge >= 0.3 is 0 Å². The van der Waals surface area contributed by atoms with E-state index in [-0.39, 0.29) is 36.2 Å². The van der Waals surface area contributed by atoms with Crippen molar-refractivity contribution in [3.8, 4) is 0 Å². The Morgan fingerprint density at radius 1 is 1.07 bits per heavy atom. The van der Waals surface area contributed by atoms with Crippen molar-refractivity contribution < 1.29 is 13.2 Å². The smallest absolute Gasteiger partial charge is 0.251 e. The number of carbonyl (C=O) groups excluding carboxylic acids is 1. The molecule has 0 spiro atoms. The summed E-state index contributed by atoms with van der Waals surface area (Å²) in [5, 5.41) is 3.24. The molecule has 3 aliphatic rings. The fourth-order valence-corrected chi connectivity index (χ4v) is 6.53. The summed E-state index contributed by atoms with van der Waals surface area (Å²) in [6, 6.07) is 7.39. The second-order valence-corrected chi connectivity index (χ2v) is 9.98. The van der Waals surface area contributed by atoms with E-state index in [1.807, 2.05) is 0 Å². The molecule has 0 aromatic heterocycles. The molecule has 6 nitrogen and oxygen atoms in total. The van der Waals surface area contributed by atoms with E-state index in [0.29, 0.717) is 36.1 Å². The molecule has 2 atom stereocenters. The Balaban J connectivity index is 0.00000210. The average molecular weight is 414 g/mol. The van der Waals surface area contributed by atoms with Crippen LogP contribution in [-0.4, -0.2) is 38.7 Å². The first-order valence-electron chi connectivity index (χ1n) is 9.61. The number of nitrogens with zero attached hydrogens (tertiary/aromatic N) is 1. The van der Waals surface area contributed by atoms with Crippen LogP contribution in [0.5, 0.6) is 0 Å². The second-order valence-electron chi connectivity index (χ2n) is 7.97. The number of amides is 1. The summed E-state index contributed by atoms with van der Waals surface area (Å²) in [4.78, 5) is 12.7. The van der Waals surface area contributed by atoms with Crippen LogP contribution in [0.25, 0.3) is 0 Å². The third-order valence-corrected chi connectivity index (χ3v) is 8.06. The molecule has 2 bridgehead atoms. The molecule has 2 saturated carbocycles. The first kappa shape index (κ1) is 20.4. The minimum atomic E-state index is -3.19. The average Bonchev–Trinajstić information content (AvgIpc) is 2.95. The topological polar surface area (TPSA) is 92.5 Å². The van der Waals surface area contributed by atoms with Gasteiger partial charge < -0.3 is 11.1 Å². The van der Waals surface area contributed by atoms with Gasteiger partial charge in [-0.05, 0) is 68.2 Å². The van der Waals surface area contributed by atoms with Crippen LogP contribution in [0.2, 0.25) is 0 Å². The van der Waals surface area contributed by atoms with Gasteiger partial charge in [-0.2, -0.15) is 0 Å². The molecule has 3 fully saturated rings. The van der Waals surface area contributed by atoms with Crippen LogP contribution in [0.3, 0.4) is 0 Å². The van der Waals surface area contributed by atoms with E-state index in [4.69, 9.17) is 5.73 Å². The van der Waals surface area contributed by atoms with Gasteiger partial charge in [-0.1, -0.05) is 6.42 Å². The van der Waals surface area contributed by atoms with E-state index in [1.165, 1.54) is 10.7 Å². The highest BCUT2D eigenvalue weighted by Gasteiger charge is 2.40. The van der Waals surface area contributed by atoms with Gasteiger partial charge in [0.05, 0.1) is 11.4 Å². The molecule has 8 heteroatoms. The Morgan fingerprint density at radius 2 is 1.70 bits per heavy atom. The van der Waals surface area contributed by atoms with E-state index >= 15 is 0 Å². The number of sulfonamides is 1. The number of nitrogens with one attached hydrogen (secondary N) is 1. The molecular weight excluding hydrogens is 386 g/mol. The number of fused-ring (bicyclic) bond motifs is 2. The number of carbonyl (C=O) groups is 1. The van der Waals surface area contributed by atoms with E-state index < -0.39 is 10.0 Å². The summed E-state index contributed by atoms with van der Waals surface area (Å²) < 4.78 is 25.5. The molecule has 1 saturated heterocycles. The van der Waals surface area contributed by atoms with Crippen LogP contribution in [0.15, 0.2) is 24.3 Å². The van der Waals surface area contributed by atoms with Gasteiger partial charge in [0.1, 0.15) is 0 Å². The molecule has 2 aliphatic carbocycles. The zero-order chi connectivity index (χ0) is 18.3. The summed E-state index contributed by atoms with van der Waals surface area (Å²) >= 11 is 0. The highest BCUT2D eigenvalue weighted by molar-refractivity contribution is 7.93. The van der Waals surface area contributed by atoms with Crippen molar-refractivity contribution in [1.29, 1.82) is 0 Å². The maximum atomic E-state index is 12.7. The molecule has 1 aliphatic heterocycles. The number of halogens is 1. The number of hydrogen-bond donors (Lipinski definition) is 2. The summed E-state index contributed by atoms with van der Waals surface area (Å²) in [5.74, 6) is 1.09. The van der Waals surface area contributed by atoms with Crippen LogP contribution in [0.4, 0.5) is 5.69 Å². The summed E-state index contributed by atoms with van der Waals surface area (Å²) in [5.41, 5.74) is 7.38. The maximum absolute atomic E-state index is 12.7. The summed E-state index contributed by atoms with van der Waals surface area (Å²) in [7, 11) is -3.19. The standard InChI is InChI=1S/C19H27N3O3S.ClH/c20-16-11-14-3-1-4-15(12-16)18(14)21-19(23)13-5-7-17(8-6-13)22-9-2-10-26(22,24)25;/h5-8,14-16,18H,1-4,9-12,20H2,(H,21,23);1H. The summed E-state index contributed by atoms with van der Waals surface area (Å²) in [6.45, 7) is 0.513. The largest absolute Gasteiger partial charge is 0.349 e. The highest BCUT2D eigenvalue weighted by atomic mass is 35.5. The predicted molar refractivity (Wildman–Crippen MR) is 109 cm³/mol. The lowest BCUT2D eigenvalue weighted by Crippen LogP contribution is -2.53. The first-order chi connectivity index (χ1) is 12.4. The molecule has 4 rings (SSSR count). The molecule has 1 heterocycles. The second kappa shape index (κ2) is 7.97. The van der Waals surface area contributed by atoms with Crippen LogP contribution in [0.1, 0.15) is 48.9 Å². The van der Waals surface area contributed by atoms with E-state index in [0.717, 1.165) is 25.7 Å². The first-order valence-corrected chi connectivity index (χ1v) is 11.2. The number of benzene rings is 1. The van der Waals surface area contributed by atoms with Crippen molar-refractivity contribution in [3.05, 3.63) is 29.8 Å². The maximum Gasteiger partial charge on any atom is 0.251 e. The zero-order valence-electron chi connectivity index (χ0n) is 15.3. The van der Waals surface area contributed by atoms with Crippen molar-refractivity contribution in [2.75, 3.05) is 16.6 Å². The van der Waals surface area contributed by atoms with E-state index in [2.05, 4.69) is 5.32 Å². The van der Waals surface area contributed by atoms with Gasteiger partial charge in [-0.3, -0.25) is 9.10 Å². The fraction of sp³-hybridized carbons (Fsp3) is 0.632. The van der Waals surface area contributed by atoms with Crippen molar-refractivity contribution in [2.24, 2.45) is 17.6 Å².